The molecule has 4 aromatic rings. The number of nitrogens with zero attached hydrogens (tertiary/aromatic N) is 2. The molecular formula is C21H18N4O. The summed E-state index contributed by atoms with van der Waals surface area (Å²) in [5.74, 6) is -0.136. The fourth-order valence-corrected chi connectivity index (χ4v) is 2.92. The number of carbonyl (C=O) groups excluding carboxylic acids is 1. The van der Waals surface area contributed by atoms with E-state index in [1.807, 2.05) is 80.0 Å². The maximum absolute atomic E-state index is 12.5. The Kier molecular flexibility index (Phi) is 4.11. The standard InChI is InChI=1S/C21H18N4O/c1-25-14-6-11-20(25)21(26)22-17-9-4-2-7-15(17)12-13-19-16-8-3-5-10-18(16)23-24-19/h2-14H,1H3,(H,22,26)(H,23,24)/b13-12+. The Morgan fingerprint density at radius 3 is 2.69 bits per heavy atom. The molecule has 0 aliphatic rings. The minimum atomic E-state index is -0.136. The number of aromatic amines is 1. The SMILES string of the molecule is Cn1cccc1C(=O)Nc1ccccc1/C=C/c1n[nH]c2ccccc12. The van der Waals surface area contributed by atoms with Gasteiger partial charge in [0, 0.05) is 24.3 Å². The summed E-state index contributed by atoms with van der Waals surface area (Å²) >= 11 is 0. The highest BCUT2D eigenvalue weighted by Gasteiger charge is 2.10. The number of para-hydroxylation sites is 2. The van der Waals surface area contributed by atoms with E-state index in [-0.39, 0.29) is 5.91 Å². The van der Waals surface area contributed by atoms with E-state index < -0.39 is 0 Å². The van der Waals surface area contributed by atoms with Gasteiger partial charge in [0.1, 0.15) is 5.69 Å². The molecule has 26 heavy (non-hydrogen) atoms. The number of aromatic nitrogens is 3. The first kappa shape index (κ1) is 15.9. The molecule has 0 aliphatic carbocycles. The van der Waals surface area contributed by atoms with Crippen molar-refractivity contribution >= 4 is 34.6 Å². The van der Waals surface area contributed by atoms with Crippen LogP contribution in [0.3, 0.4) is 0 Å². The van der Waals surface area contributed by atoms with Crippen LogP contribution in [-0.2, 0) is 7.05 Å². The average molecular weight is 342 g/mol. The lowest BCUT2D eigenvalue weighted by molar-refractivity contribution is 0.101. The van der Waals surface area contributed by atoms with Crippen LogP contribution in [-0.4, -0.2) is 20.7 Å². The van der Waals surface area contributed by atoms with Crippen LogP contribution in [0.15, 0.2) is 66.9 Å². The van der Waals surface area contributed by atoms with Crippen LogP contribution in [0.2, 0.25) is 0 Å². The smallest absolute Gasteiger partial charge is 0.272 e. The minimum Gasteiger partial charge on any atom is -0.347 e. The zero-order valence-corrected chi connectivity index (χ0v) is 14.3. The molecule has 4 rings (SSSR count). The molecular weight excluding hydrogens is 324 g/mol. The number of hydrogen-bond acceptors (Lipinski definition) is 2. The largest absolute Gasteiger partial charge is 0.347 e. The van der Waals surface area contributed by atoms with Crippen LogP contribution < -0.4 is 5.32 Å². The number of benzene rings is 2. The third-order valence-electron chi connectivity index (χ3n) is 4.31. The number of H-pyrrole nitrogens is 1. The first-order valence-electron chi connectivity index (χ1n) is 8.35. The number of amides is 1. The van der Waals surface area contributed by atoms with Crippen molar-refractivity contribution in [2.75, 3.05) is 5.32 Å². The number of carbonyl (C=O) groups is 1. The van der Waals surface area contributed by atoms with Crippen molar-refractivity contribution in [1.29, 1.82) is 0 Å². The summed E-state index contributed by atoms with van der Waals surface area (Å²) in [6.45, 7) is 0. The van der Waals surface area contributed by atoms with Crippen LogP contribution >= 0.6 is 0 Å². The molecule has 0 aliphatic heterocycles. The third-order valence-corrected chi connectivity index (χ3v) is 4.31. The molecule has 5 nitrogen and oxygen atoms in total. The molecule has 2 aromatic heterocycles. The first-order valence-corrected chi connectivity index (χ1v) is 8.35. The maximum atomic E-state index is 12.5. The summed E-state index contributed by atoms with van der Waals surface area (Å²) in [6.07, 6.45) is 5.76. The summed E-state index contributed by atoms with van der Waals surface area (Å²) in [5.41, 5.74) is 4.15. The Hall–Kier alpha value is -3.60. The average Bonchev–Trinajstić information content (AvgIpc) is 3.27. The highest BCUT2D eigenvalue weighted by molar-refractivity contribution is 6.04. The lowest BCUT2D eigenvalue weighted by atomic mass is 10.1. The maximum Gasteiger partial charge on any atom is 0.272 e. The van der Waals surface area contributed by atoms with Crippen LogP contribution in [0, 0.1) is 0 Å². The van der Waals surface area contributed by atoms with Gasteiger partial charge in [0.2, 0.25) is 0 Å². The molecule has 5 heteroatoms. The van der Waals surface area contributed by atoms with Crippen molar-refractivity contribution in [1.82, 2.24) is 14.8 Å². The van der Waals surface area contributed by atoms with Gasteiger partial charge in [-0.15, -0.1) is 0 Å². The van der Waals surface area contributed by atoms with Crippen molar-refractivity contribution < 1.29 is 4.79 Å². The zero-order chi connectivity index (χ0) is 17.9. The summed E-state index contributed by atoms with van der Waals surface area (Å²) in [5, 5.41) is 11.4. The van der Waals surface area contributed by atoms with Gasteiger partial charge in [0.25, 0.3) is 5.91 Å². The normalized spacial score (nSPS) is 11.3. The molecule has 2 heterocycles. The third kappa shape index (κ3) is 3.02. The van der Waals surface area contributed by atoms with Crippen molar-refractivity contribution in [2.45, 2.75) is 0 Å². The number of fused-ring (bicyclic) bond motifs is 1. The Bertz CT molecular complexity index is 1100. The monoisotopic (exact) mass is 342 g/mol. The molecule has 128 valence electrons. The van der Waals surface area contributed by atoms with Crippen molar-refractivity contribution in [3.8, 4) is 0 Å². The van der Waals surface area contributed by atoms with Crippen LogP contribution in [0.1, 0.15) is 21.7 Å². The van der Waals surface area contributed by atoms with Gasteiger partial charge in [-0.1, -0.05) is 42.5 Å². The predicted molar refractivity (Wildman–Crippen MR) is 105 cm³/mol. The molecule has 0 saturated heterocycles. The van der Waals surface area contributed by atoms with Crippen molar-refractivity contribution in [3.63, 3.8) is 0 Å². The van der Waals surface area contributed by atoms with E-state index in [4.69, 9.17) is 0 Å². The van der Waals surface area contributed by atoms with Crippen molar-refractivity contribution in [2.24, 2.45) is 7.05 Å². The molecule has 0 bridgehead atoms. The van der Waals surface area contributed by atoms with E-state index >= 15 is 0 Å². The van der Waals surface area contributed by atoms with Gasteiger partial charge >= 0.3 is 0 Å². The van der Waals surface area contributed by atoms with E-state index in [2.05, 4.69) is 15.5 Å². The summed E-state index contributed by atoms with van der Waals surface area (Å²) in [6, 6.07) is 19.3. The molecule has 1 amide bonds. The van der Waals surface area contributed by atoms with E-state index in [1.54, 1.807) is 10.6 Å². The molecule has 0 saturated carbocycles. The van der Waals surface area contributed by atoms with Gasteiger partial charge in [0.15, 0.2) is 0 Å². The number of hydrogen-bond donors (Lipinski definition) is 2. The Morgan fingerprint density at radius 2 is 1.85 bits per heavy atom. The number of nitrogens with one attached hydrogen (secondary N) is 2. The van der Waals surface area contributed by atoms with E-state index in [1.165, 1.54) is 0 Å². The van der Waals surface area contributed by atoms with Gasteiger partial charge in [0.05, 0.1) is 11.2 Å². The lowest BCUT2D eigenvalue weighted by Crippen LogP contribution is -2.15. The quantitative estimate of drug-likeness (QED) is 0.580. The first-order chi connectivity index (χ1) is 12.7. The zero-order valence-electron chi connectivity index (χ0n) is 14.3. The van der Waals surface area contributed by atoms with E-state index in [0.29, 0.717) is 5.69 Å². The Morgan fingerprint density at radius 1 is 1.04 bits per heavy atom. The summed E-state index contributed by atoms with van der Waals surface area (Å²) < 4.78 is 1.80. The molecule has 0 radical (unpaired) electrons. The summed E-state index contributed by atoms with van der Waals surface area (Å²) in [4.78, 5) is 12.5. The Balaban J connectivity index is 1.62. The van der Waals surface area contributed by atoms with E-state index in [9.17, 15) is 4.79 Å². The van der Waals surface area contributed by atoms with E-state index in [0.717, 1.165) is 27.8 Å². The second-order valence-corrected chi connectivity index (χ2v) is 6.03. The van der Waals surface area contributed by atoms with Gasteiger partial charge < -0.3 is 9.88 Å². The molecule has 0 spiro atoms. The Labute approximate surface area is 151 Å². The molecule has 2 aromatic carbocycles. The second-order valence-electron chi connectivity index (χ2n) is 6.03. The molecule has 2 N–H and O–H groups in total. The second kappa shape index (κ2) is 6.72. The van der Waals surface area contributed by atoms with Crippen LogP contribution in [0.25, 0.3) is 23.1 Å². The van der Waals surface area contributed by atoms with Gasteiger partial charge in [-0.3, -0.25) is 9.89 Å². The molecule has 0 unspecified atom stereocenters. The lowest BCUT2D eigenvalue weighted by Gasteiger charge is -2.09. The van der Waals surface area contributed by atoms with Crippen LogP contribution in [0.4, 0.5) is 5.69 Å². The predicted octanol–water partition coefficient (Wildman–Crippen LogP) is 4.32. The van der Waals surface area contributed by atoms with Gasteiger partial charge in [-0.2, -0.15) is 5.10 Å². The number of anilines is 1. The highest BCUT2D eigenvalue weighted by Crippen LogP contribution is 2.21. The van der Waals surface area contributed by atoms with Gasteiger partial charge in [-0.05, 0) is 35.9 Å². The fraction of sp³-hybridized carbons (Fsp3) is 0.0476. The molecule has 0 fully saturated rings. The fourth-order valence-electron chi connectivity index (χ4n) is 2.92. The van der Waals surface area contributed by atoms with Crippen LogP contribution in [0.5, 0.6) is 0 Å². The highest BCUT2D eigenvalue weighted by atomic mass is 16.1. The number of rotatable bonds is 4. The molecule has 0 atom stereocenters. The van der Waals surface area contributed by atoms with Crippen molar-refractivity contribution in [3.05, 3.63) is 83.8 Å². The number of aryl methyl sites for hydroxylation is 1. The van der Waals surface area contributed by atoms with Gasteiger partial charge in [-0.25, -0.2) is 0 Å². The minimum absolute atomic E-state index is 0.136. The topological polar surface area (TPSA) is 62.7 Å². The summed E-state index contributed by atoms with van der Waals surface area (Å²) in [7, 11) is 1.85.